The molecule has 2 fully saturated rings. The van der Waals surface area contributed by atoms with Gasteiger partial charge in [0.2, 0.25) is 5.91 Å². The molecule has 2 amide bonds. The zero-order chi connectivity index (χ0) is 27.2. The number of carbonyl (C=O) groups is 2. The number of nitrogens with zero attached hydrogens (tertiary/aromatic N) is 3. The van der Waals surface area contributed by atoms with Crippen LogP contribution >= 0.6 is 0 Å². The van der Waals surface area contributed by atoms with Gasteiger partial charge >= 0.3 is 0 Å². The number of hydrogen-bond donors (Lipinski definition) is 2. The lowest BCUT2D eigenvalue weighted by molar-refractivity contribution is -0.135. The van der Waals surface area contributed by atoms with Crippen LogP contribution in [-0.4, -0.2) is 78.5 Å². The van der Waals surface area contributed by atoms with E-state index in [2.05, 4.69) is 27.6 Å². The van der Waals surface area contributed by atoms with E-state index in [1.165, 1.54) is 12.1 Å². The van der Waals surface area contributed by atoms with Gasteiger partial charge in [0, 0.05) is 55.5 Å². The van der Waals surface area contributed by atoms with Crippen LogP contribution in [0, 0.1) is 5.82 Å². The number of halogens is 1. The Bertz CT molecular complexity index is 1240. The first-order valence-corrected chi connectivity index (χ1v) is 13.8. The molecule has 2 aromatic carbocycles. The molecular formula is C31H36FN5O2. The van der Waals surface area contributed by atoms with E-state index in [1.807, 2.05) is 47.4 Å². The molecule has 2 N–H and O–H groups in total. The average molecular weight is 530 g/mol. The molecule has 1 aliphatic carbocycles. The molecule has 1 saturated carbocycles. The van der Waals surface area contributed by atoms with Gasteiger partial charge in [0.05, 0.1) is 5.69 Å². The van der Waals surface area contributed by atoms with Gasteiger partial charge in [-0.2, -0.15) is 0 Å². The molecule has 1 aromatic heterocycles. The van der Waals surface area contributed by atoms with Gasteiger partial charge in [-0.1, -0.05) is 30.3 Å². The van der Waals surface area contributed by atoms with Gasteiger partial charge in [-0.25, -0.2) is 4.39 Å². The molecular weight excluding hydrogens is 493 g/mol. The van der Waals surface area contributed by atoms with E-state index in [0.717, 1.165) is 49.3 Å². The second kappa shape index (κ2) is 12.5. The molecule has 5 rings (SSSR count). The summed E-state index contributed by atoms with van der Waals surface area (Å²) in [5.41, 5.74) is 3.45. The predicted octanol–water partition coefficient (Wildman–Crippen LogP) is 3.69. The van der Waals surface area contributed by atoms with Gasteiger partial charge in [-0.15, -0.1) is 0 Å². The molecule has 3 atom stereocenters. The molecule has 2 aliphatic rings. The van der Waals surface area contributed by atoms with Crippen LogP contribution in [0.15, 0.2) is 72.9 Å². The monoisotopic (exact) mass is 529 g/mol. The van der Waals surface area contributed by atoms with Crippen molar-refractivity contribution in [3.63, 3.8) is 0 Å². The topological polar surface area (TPSA) is 77.6 Å². The Kier molecular flexibility index (Phi) is 8.64. The van der Waals surface area contributed by atoms with E-state index in [0.29, 0.717) is 37.0 Å². The Hall–Kier alpha value is -3.62. The number of carbonyl (C=O) groups excluding carboxylic acids is 2. The minimum absolute atomic E-state index is 0.0165. The van der Waals surface area contributed by atoms with Crippen LogP contribution in [-0.2, 0) is 4.79 Å². The first-order chi connectivity index (χ1) is 19.0. The fourth-order valence-electron chi connectivity index (χ4n) is 5.16. The summed E-state index contributed by atoms with van der Waals surface area (Å²) < 4.78 is 13.2. The lowest BCUT2D eigenvalue weighted by Crippen LogP contribution is -2.54. The zero-order valence-electron chi connectivity index (χ0n) is 22.4. The third-order valence-electron chi connectivity index (χ3n) is 7.69. The van der Waals surface area contributed by atoms with Crippen molar-refractivity contribution in [3.8, 4) is 11.3 Å². The van der Waals surface area contributed by atoms with Crippen LogP contribution < -0.4 is 10.6 Å². The summed E-state index contributed by atoms with van der Waals surface area (Å²) in [7, 11) is 2.05. The van der Waals surface area contributed by atoms with Crippen molar-refractivity contribution >= 4 is 11.8 Å². The fraction of sp³-hybridized carbons (Fsp3) is 0.387. The van der Waals surface area contributed by atoms with Crippen LogP contribution in [0.5, 0.6) is 0 Å². The Balaban J connectivity index is 1.17. The maximum atomic E-state index is 13.4. The van der Waals surface area contributed by atoms with E-state index >= 15 is 0 Å². The van der Waals surface area contributed by atoms with Gasteiger partial charge in [0.15, 0.2) is 0 Å². The number of amides is 2. The number of benzene rings is 2. The van der Waals surface area contributed by atoms with E-state index in [4.69, 9.17) is 0 Å². The second-order valence-electron chi connectivity index (χ2n) is 10.5. The Morgan fingerprint density at radius 2 is 1.74 bits per heavy atom. The SMILES string of the molecule is CN1CCN(C(=O)[C@H](CCCNC2CC2c2ccc(F)cc2)NC(=O)c2ccc(-c3ccccn3)cc2)CC1. The summed E-state index contributed by atoms with van der Waals surface area (Å²) in [5, 5.41) is 6.58. The Labute approximate surface area is 229 Å². The molecule has 204 valence electrons. The standard InChI is InChI=1S/C31H36FN5O2/c1-36-17-19-37(20-18-36)31(39)28(6-4-16-34-29-21-26(29)22-11-13-25(32)14-12-22)35-30(38)24-9-7-23(8-10-24)27-5-2-3-15-33-27/h2-3,5,7-15,26,28-29,34H,4,6,16-21H2,1H3,(H,35,38)/t26?,28-,29?/m0/s1. The number of piperazine rings is 1. The molecule has 3 aromatic rings. The van der Waals surface area contributed by atoms with Crippen LogP contribution in [0.25, 0.3) is 11.3 Å². The third-order valence-corrected chi connectivity index (χ3v) is 7.69. The van der Waals surface area contributed by atoms with E-state index in [1.54, 1.807) is 18.3 Å². The first kappa shape index (κ1) is 27.0. The highest BCUT2D eigenvalue weighted by Crippen LogP contribution is 2.40. The summed E-state index contributed by atoms with van der Waals surface area (Å²) in [6.07, 6.45) is 4.09. The maximum Gasteiger partial charge on any atom is 0.251 e. The van der Waals surface area contributed by atoms with Crippen molar-refractivity contribution in [1.29, 1.82) is 0 Å². The van der Waals surface area contributed by atoms with Crippen molar-refractivity contribution in [1.82, 2.24) is 25.4 Å². The number of pyridine rings is 1. The molecule has 0 bridgehead atoms. The summed E-state index contributed by atoms with van der Waals surface area (Å²) in [6.45, 7) is 3.74. The average Bonchev–Trinajstić information content (AvgIpc) is 3.75. The molecule has 8 heteroatoms. The first-order valence-electron chi connectivity index (χ1n) is 13.8. The highest BCUT2D eigenvalue weighted by molar-refractivity contribution is 5.97. The number of rotatable bonds is 10. The van der Waals surface area contributed by atoms with Crippen LogP contribution in [0.4, 0.5) is 4.39 Å². The highest BCUT2D eigenvalue weighted by atomic mass is 19.1. The summed E-state index contributed by atoms with van der Waals surface area (Å²) in [4.78, 5) is 35.1. The van der Waals surface area contributed by atoms with Crippen molar-refractivity contribution in [3.05, 3.63) is 89.9 Å². The van der Waals surface area contributed by atoms with Crippen molar-refractivity contribution in [2.24, 2.45) is 0 Å². The molecule has 2 unspecified atom stereocenters. The van der Waals surface area contributed by atoms with Gasteiger partial charge in [0.1, 0.15) is 11.9 Å². The number of likely N-dealkylation sites (N-methyl/N-ethyl adjacent to an activating group) is 1. The minimum Gasteiger partial charge on any atom is -0.340 e. The normalized spacial score (nSPS) is 19.9. The van der Waals surface area contributed by atoms with Gasteiger partial charge in [0.25, 0.3) is 5.91 Å². The summed E-state index contributed by atoms with van der Waals surface area (Å²) in [6, 6.07) is 19.6. The number of aromatic nitrogens is 1. The lowest BCUT2D eigenvalue weighted by atomic mass is 10.1. The van der Waals surface area contributed by atoms with Crippen molar-refractivity contribution < 1.29 is 14.0 Å². The maximum absolute atomic E-state index is 13.4. The van der Waals surface area contributed by atoms with E-state index in [9.17, 15) is 14.0 Å². The molecule has 0 radical (unpaired) electrons. The van der Waals surface area contributed by atoms with Crippen LogP contribution in [0.3, 0.4) is 0 Å². The molecule has 1 aliphatic heterocycles. The van der Waals surface area contributed by atoms with Crippen LogP contribution in [0.2, 0.25) is 0 Å². The van der Waals surface area contributed by atoms with Crippen LogP contribution in [0.1, 0.15) is 41.1 Å². The number of hydrogen-bond acceptors (Lipinski definition) is 5. The lowest BCUT2D eigenvalue weighted by Gasteiger charge is -2.34. The minimum atomic E-state index is -0.578. The zero-order valence-corrected chi connectivity index (χ0v) is 22.4. The largest absolute Gasteiger partial charge is 0.340 e. The van der Waals surface area contributed by atoms with Gasteiger partial charge in [-0.05, 0) is 74.8 Å². The summed E-state index contributed by atoms with van der Waals surface area (Å²) in [5.74, 6) is -0.0768. The molecule has 7 nitrogen and oxygen atoms in total. The number of nitrogens with one attached hydrogen (secondary N) is 2. The third kappa shape index (κ3) is 7.07. The van der Waals surface area contributed by atoms with Crippen molar-refractivity contribution in [2.45, 2.75) is 37.3 Å². The Morgan fingerprint density at radius 1 is 1.00 bits per heavy atom. The van der Waals surface area contributed by atoms with E-state index in [-0.39, 0.29) is 17.6 Å². The molecule has 2 heterocycles. The smallest absolute Gasteiger partial charge is 0.251 e. The second-order valence-corrected chi connectivity index (χ2v) is 10.5. The van der Waals surface area contributed by atoms with Crippen molar-refractivity contribution in [2.75, 3.05) is 39.8 Å². The molecule has 39 heavy (non-hydrogen) atoms. The highest BCUT2D eigenvalue weighted by Gasteiger charge is 2.37. The Morgan fingerprint density at radius 3 is 2.44 bits per heavy atom. The van der Waals surface area contributed by atoms with Gasteiger partial charge in [-0.3, -0.25) is 14.6 Å². The van der Waals surface area contributed by atoms with E-state index < -0.39 is 6.04 Å². The van der Waals surface area contributed by atoms with Gasteiger partial charge < -0.3 is 20.4 Å². The summed E-state index contributed by atoms with van der Waals surface area (Å²) >= 11 is 0. The fourth-order valence-corrected chi connectivity index (χ4v) is 5.16. The molecule has 1 saturated heterocycles. The quantitative estimate of drug-likeness (QED) is 0.392. The molecule has 0 spiro atoms. The predicted molar refractivity (Wildman–Crippen MR) is 150 cm³/mol.